The molecule has 0 aromatic heterocycles. The molecule has 6 heteroatoms. The molecule has 3 aromatic carbocycles. The number of carbonyl (C=O) groups excluding carboxylic acids is 1. The first-order valence-electron chi connectivity index (χ1n) is 12.8. The topological polar surface area (TPSA) is 41.1 Å². The molecule has 2 bridgehead atoms. The lowest BCUT2D eigenvalue weighted by Crippen LogP contribution is -2.35. The first-order valence-corrected chi connectivity index (χ1v) is 14.8. The molecule has 1 amide bonds. The van der Waals surface area contributed by atoms with Gasteiger partial charge in [-0.3, -0.25) is 4.79 Å². The third kappa shape index (κ3) is 4.53. The molecule has 1 heterocycles. The van der Waals surface area contributed by atoms with Crippen LogP contribution in [0.5, 0.6) is 0 Å². The molecule has 6 rings (SSSR count). The van der Waals surface area contributed by atoms with Crippen molar-refractivity contribution in [1.82, 2.24) is 5.32 Å². The predicted octanol–water partition coefficient (Wildman–Crippen LogP) is 7.95. The van der Waals surface area contributed by atoms with E-state index in [4.69, 9.17) is 23.2 Å². The number of halogens is 2. The highest BCUT2D eigenvalue weighted by Gasteiger charge is 2.53. The van der Waals surface area contributed by atoms with E-state index >= 15 is 0 Å². The van der Waals surface area contributed by atoms with Crippen LogP contribution in [0.4, 0.5) is 5.69 Å². The van der Waals surface area contributed by atoms with Crippen molar-refractivity contribution in [1.29, 1.82) is 0 Å². The molecule has 186 valence electrons. The van der Waals surface area contributed by atoms with Gasteiger partial charge in [-0.15, -0.1) is 0 Å². The Hall–Kier alpha value is -2.14. The van der Waals surface area contributed by atoms with Crippen molar-refractivity contribution >= 4 is 46.6 Å². The summed E-state index contributed by atoms with van der Waals surface area (Å²) in [5.74, 6) is 4.17. The smallest absolute Gasteiger partial charge is 0.251 e. The zero-order valence-electron chi connectivity index (χ0n) is 20.1. The zero-order valence-corrected chi connectivity index (χ0v) is 22.4. The van der Waals surface area contributed by atoms with E-state index in [1.54, 1.807) is 11.8 Å². The van der Waals surface area contributed by atoms with Gasteiger partial charge in [0.05, 0.1) is 6.04 Å². The maximum absolute atomic E-state index is 13.0. The molecule has 1 aliphatic heterocycles. The number of anilines is 1. The number of hydrogen-bond donors (Lipinski definition) is 2. The van der Waals surface area contributed by atoms with E-state index in [1.807, 2.05) is 24.3 Å². The van der Waals surface area contributed by atoms with E-state index in [0.29, 0.717) is 34.5 Å². The van der Waals surface area contributed by atoms with Gasteiger partial charge in [0.1, 0.15) is 0 Å². The largest absolute Gasteiger partial charge is 0.378 e. The Balaban J connectivity index is 1.13. The number of rotatable bonds is 7. The van der Waals surface area contributed by atoms with Gasteiger partial charge in [0.15, 0.2) is 0 Å². The molecule has 2 N–H and O–H groups in total. The van der Waals surface area contributed by atoms with Gasteiger partial charge in [-0.25, -0.2) is 0 Å². The van der Waals surface area contributed by atoms with Crippen LogP contribution in [-0.4, -0.2) is 18.2 Å². The summed E-state index contributed by atoms with van der Waals surface area (Å²) in [6, 6.07) is 23.1. The lowest BCUT2D eigenvalue weighted by atomic mass is 9.68. The van der Waals surface area contributed by atoms with Crippen LogP contribution in [0.15, 0.2) is 66.7 Å². The average molecular weight is 538 g/mol. The quantitative estimate of drug-likeness (QED) is 0.301. The van der Waals surface area contributed by atoms with Crippen molar-refractivity contribution in [2.24, 2.45) is 17.8 Å². The average Bonchev–Trinajstić information content (AvgIpc) is 3.53. The first-order chi connectivity index (χ1) is 17.6. The maximum atomic E-state index is 13.0. The molecule has 3 nitrogen and oxygen atoms in total. The predicted molar refractivity (Wildman–Crippen MR) is 151 cm³/mol. The monoisotopic (exact) mass is 536 g/mol. The molecule has 2 saturated carbocycles. The van der Waals surface area contributed by atoms with Gasteiger partial charge in [-0.05, 0) is 90.0 Å². The third-order valence-electron chi connectivity index (χ3n) is 8.35. The normalized spacial score (nSPS) is 25.7. The Morgan fingerprint density at radius 3 is 2.56 bits per heavy atom. The molecule has 3 aliphatic rings. The second-order valence-corrected chi connectivity index (χ2v) is 12.2. The van der Waals surface area contributed by atoms with Crippen molar-refractivity contribution in [3.8, 4) is 0 Å². The fraction of sp³-hybridized carbons (Fsp3) is 0.367. The molecule has 5 atom stereocenters. The SMILES string of the molecule is O=C(NCCSCc1c(Cl)cccc1Cl)c1ccc2c(c1)[C@@H]1[C@H]3CC[C@@H](C3)[C@H]1[C@H](c1ccccc1)N2. The summed E-state index contributed by atoms with van der Waals surface area (Å²) in [4.78, 5) is 13.0. The molecule has 3 aromatic rings. The third-order valence-corrected chi connectivity index (χ3v) is 10.0. The van der Waals surface area contributed by atoms with Crippen LogP contribution in [0.3, 0.4) is 0 Å². The van der Waals surface area contributed by atoms with Crippen LogP contribution in [0.25, 0.3) is 0 Å². The van der Waals surface area contributed by atoms with E-state index in [0.717, 1.165) is 34.5 Å². The van der Waals surface area contributed by atoms with Crippen molar-refractivity contribution < 1.29 is 4.79 Å². The van der Waals surface area contributed by atoms with Gasteiger partial charge in [0.2, 0.25) is 0 Å². The molecule has 0 saturated heterocycles. The lowest BCUT2D eigenvalue weighted by Gasteiger charge is -2.43. The molecule has 0 unspecified atom stereocenters. The number of amides is 1. The molecule has 0 radical (unpaired) electrons. The number of hydrogen-bond acceptors (Lipinski definition) is 3. The van der Waals surface area contributed by atoms with Crippen LogP contribution in [0, 0.1) is 17.8 Å². The highest BCUT2D eigenvalue weighted by atomic mass is 35.5. The van der Waals surface area contributed by atoms with Gasteiger partial charge in [-0.2, -0.15) is 11.8 Å². The van der Waals surface area contributed by atoms with Crippen molar-refractivity contribution in [2.75, 3.05) is 17.6 Å². The summed E-state index contributed by atoms with van der Waals surface area (Å²) in [5.41, 5.74) is 5.63. The van der Waals surface area contributed by atoms with Gasteiger partial charge in [0, 0.05) is 39.3 Å². The number of nitrogens with one attached hydrogen (secondary N) is 2. The number of benzene rings is 3. The summed E-state index contributed by atoms with van der Waals surface area (Å²) in [7, 11) is 0. The van der Waals surface area contributed by atoms with E-state index in [9.17, 15) is 4.79 Å². The first kappa shape index (κ1) is 24.2. The summed E-state index contributed by atoms with van der Waals surface area (Å²) >= 11 is 14.2. The van der Waals surface area contributed by atoms with Crippen molar-refractivity contribution in [3.63, 3.8) is 0 Å². The van der Waals surface area contributed by atoms with Crippen LogP contribution in [0.1, 0.15) is 58.3 Å². The lowest BCUT2D eigenvalue weighted by molar-refractivity contribution is 0.0956. The van der Waals surface area contributed by atoms with Crippen LogP contribution < -0.4 is 10.6 Å². The maximum Gasteiger partial charge on any atom is 0.251 e. The van der Waals surface area contributed by atoms with Crippen LogP contribution in [0.2, 0.25) is 10.0 Å². The van der Waals surface area contributed by atoms with Crippen LogP contribution in [-0.2, 0) is 5.75 Å². The minimum atomic E-state index is -0.000866. The van der Waals surface area contributed by atoms with Gasteiger partial charge < -0.3 is 10.6 Å². The summed E-state index contributed by atoms with van der Waals surface area (Å²) < 4.78 is 0. The van der Waals surface area contributed by atoms with E-state index in [1.165, 1.54) is 36.1 Å². The number of fused-ring (bicyclic) bond motifs is 7. The molecular formula is C30H30Cl2N2OS. The van der Waals surface area contributed by atoms with E-state index in [2.05, 4.69) is 53.1 Å². The highest BCUT2D eigenvalue weighted by Crippen LogP contribution is 2.63. The van der Waals surface area contributed by atoms with E-state index in [-0.39, 0.29) is 5.91 Å². The van der Waals surface area contributed by atoms with Crippen molar-refractivity contribution in [2.45, 2.75) is 37.0 Å². The fourth-order valence-electron chi connectivity index (χ4n) is 6.80. The van der Waals surface area contributed by atoms with Crippen LogP contribution >= 0.6 is 35.0 Å². The Morgan fingerprint density at radius 2 is 1.75 bits per heavy atom. The van der Waals surface area contributed by atoms with Gasteiger partial charge in [-0.1, -0.05) is 59.6 Å². The van der Waals surface area contributed by atoms with Gasteiger partial charge in [0.25, 0.3) is 5.91 Å². The minimum absolute atomic E-state index is 0.000866. The summed E-state index contributed by atoms with van der Waals surface area (Å²) in [6.07, 6.45) is 3.97. The Morgan fingerprint density at radius 1 is 0.972 bits per heavy atom. The molecule has 36 heavy (non-hydrogen) atoms. The van der Waals surface area contributed by atoms with Gasteiger partial charge >= 0.3 is 0 Å². The summed E-state index contributed by atoms with van der Waals surface area (Å²) in [5, 5.41) is 8.35. The number of carbonyl (C=O) groups is 1. The standard InChI is InChI=1S/C30H30Cl2N2OS/c31-24-7-4-8-25(32)23(24)17-36-14-13-33-30(35)21-11-12-26-22(16-21)27-19-9-10-20(15-19)28(27)29(34-26)18-5-2-1-3-6-18/h1-8,11-12,16,19-20,27-29,34H,9-10,13-15,17H2,(H,33,35)/t19-,20-,27-,28+,29-/m0/s1. The number of thioether (sulfide) groups is 1. The van der Waals surface area contributed by atoms with E-state index < -0.39 is 0 Å². The van der Waals surface area contributed by atoms with Crippen molar-refractivity contribution in [3.05, 3.63) is 99.0 Å². The Kier molecular flexibility index (Phi) is 6.94. The molecule has 0 spiro atoms. The second kappa shape index (κ2) is 10.3. The molecule has 2 aliphatic carbocycles. The summed E-state index contributed by atoms with van der Waals surface area (Å²) in [6.45, 7) is 0.605. The minimum Gasteiger partial charge on any atom is -0.378 e. The Bertz CT molecular complexity index is 1250. The molecule has 2 fully saturated rings. The molecular weight excluding hydrogens is 507 g/mol. The fourth-order valence-corrected chi connectivity index (χ4v) is 8.40. The second-order valence-electron chi connectivity index (χ2n) is 10.3. The highest BCUT2D eigenvalue weighted by molar-refractivity contribution is 7.98. The Labute approximate surface area is 227 Å². The zero-order chi connectivity index (χ0) is 24.6.